The molecule has 0 N–H and O–H groups in total. The van der Waals surface area contributed by atoms with Gasteiger partial charge in [-0.15, -0.1) is 0 Å². The van der Waals surface area contributed by atoms with E-state index < -0.39 is 0 Å². The second-order valence-corrected chi connectivity index (χ2v) is 4.86. The third kappa shape index (κ3) is 35.6. The number of halogens is 3. The van der Waals surface area contributed by atoms with Gasteiger partial charge in [0, 0.05) is 8.41 Å². The lowest BCUT2D eigenvalue weighted by molar-refractivity contribution is 0.321. The molecule has 0 heterocycles. The highest BCUT2D eigenvalue weighted by molar-refractivity contribution is 5.75. The van der Waals surface area contributed by atoms with Gasteiger partial charge in [-0.3, -0.25) is 14.1 Å². The van der Waals surface area contributed by atoms with E-state index in [0.717, 1.165) is 0 Å². The predicted molar refractivity (Wildman–Crippen MR) is 114 cm³/mol. The minimum Gasteiger partial charge on any atom is -0.304 e. The average molecular weight is 374 g/mol. The van der Waals surface area contributed by atoms with Crippen LogP contribution in [0.4, 0.5) is 14.1 Å². The van der Waals surface area contributed by atoms with Crippen molar-refractivity contribution in [1.82, 2.24) is 14.7 Å². The van der Waals surface area contributed by atoms with E-state index in [1.807, 2.05) is 0 Å². The van der Waals surface area contributed by atoms with E-state index in [0.29, 0.717) is 0 Å². The Morgan fingerprint density at radius 2 is 0.400 bits per heavy atom. The topological polar surface area (TPSA) is 9.72 Å². The molecule has 0 amide bonds. The highest BCUT2D eigenvalue weighted by atomic mass is 19.0. The van der Waals surface area contributed by atoms with Crippen molar-refractivity contribution in [2.45, 2.75) is 62.3 Å². The molecule has 0 aliphatic carbocycles. The highest BCUT2D eigenvalue weighted by Gasteiger charge is 1.90. The van der Waals surface area contributed by atoms with E-state index in [4.69, 9.17) is 0 Å². The SMILES string of the molecule is CCN(CC)CC.CCN(CC)CC.CCN(CC)CC.F.F.F.[B]. The molecule has 0 unspecified atom stereocenters. The zero-order chi connectivity index (χ0) is 17.1. The normalized spacial score (nSPS) is 8.64. The van der Waals surface area contributed by atoms with Gasteiger partial charge in [-0.2, -0.15) is 0 Å². The van der Waals surface area contributed by atoms with E-state index in [-0.39, 0.29) is 22.5 Å². The van der Waals surface area contributed by atoms with Crippen LogP contribution in [-0.4, -0.2) is 82.0 Å². The van der Waals surface area contributed by atoms with Gasteiger partial charge in [0.25, 0.3) is 0 Å². The van der Waals surface area contributed by atoms with Crippen LogP contribution in [0.2, 0.25) is 0 Å². The number of nitrogens with zero attached hydrogens (tertiary/aromatic N) is 3. The van der Waals surface area contributed by atoms with Crippen molar-refractivity contribution < 1.29 is 14.1 Å². The first-order valence-electron chi connectivity index (χ1n) is 9.21. The second-order valence-electron chi connectivity index (χ2n) is 4.86. The molecule has 0 aliphatic heterocycles. The van der Waals surface area contributed by atoms with Crippen LogP contribution in [-0.2, 0) is 0 Å². The summed E-state index contributed by atoms with van der Waals surface area (Å²) in [4.78, 5) is 7.12. The maximum atomic E-state index is 2.38. The molecule has 0 aromatic carbocycles. The van der Waals surface area contributed by atoms with Gasteiger partial charge in [-0.05, 0) is 58.9 Å². The quantitative estimate of drug-likeness (QED) is 0.562. The molecular formula is C18H48BF3N3. The summed E-state index contributed by atoms with van der Waals surface area (Å²) in [5.74, 6) is 0. The Bertz CT molecular complexity index is 125. The third-order valence-corrected chi connectivity index (χ3v) is 4.02. The summed E-state index contributed by atoms with van der Waals surface area (Å²) < 4.78 is 0. The first kappa shape index (κ1) is 44.3. The molecule has 0 atom stereocenters. The molecule has 159 valence electrons. The summed E-state index contributed by atoms with van der Waals surface area (Å²) in [5, 5.41) is 0. The Morgan fingerprint density at radius 1 is 0.320 bits per heavy atom. The fourth-order valence-electron chi connectivity index (χ4n) is 2.01. The summed E-state index contributed by atoms with van der Waals surface area (Å²) in [6, 6.07) is 0. The largest absolute Gasteiger partial charge is 0.304 e. The summed E-state index contributed by atoms with van der Waals surface area (Å²) in [6.07, 6.45) is 0. The van der Waals surface area contributed by atoms with Crippen LogP contribution >= 0.6 is 0 Å². The molecule has 0 spiro atoms. The molecule has 0 saturated carbocycles. The zero-order valence-corrected chi connectivity index (χ0v) is 18.5. The zero-order valence-electron chi connectivity index (χ0n) is 18.5. The molecule has 3 nitrogen and oxygen atoms in total. The third-order valence-electron chi connectivity index (χ3n) is 4.02. The molecule has 0 rings (SSSR count). The minimum absolute atomic E-state index is 0. The fraction of sp³-hybridized carbons (Fsp3) is 1.00. The lowest BCUT2D eigenvalue weighted by atomic mass is 10.5. The molecule has 0 saturated heterocycles. The second kappa shape index (κ2) is 39.0. The van der Waals surface area contributed by atoms with Gasteiger partial charge in [-0.1, -0.05) is 62.3 Å². The van der Waals surface area contributed by atoms with Crippen LogP contribution in [0.1, 0.15) is 62.3 Å². The Labute approximate surface area is 159 Å². The van der Waals surface area contributed by atoms with Gasteiger partial charge in [0.2, 0.25) is 0 Å². The Hall–Kier alpha value is -0.265. The first-order valence-corrected chi connectivity index (χ1v) is 9.21. The van der Waals surface area contributed by atoms with Crippen LogP contribution < -0.4 is 0 Å². The van der Waals surface area contributed by atoms with Crippen molar-refractivity contribution in [3.63, 3.8) is 0 Å². The van der Waals surface area contributed by atoms with Crippen molar-refractivity contribution >= 4 is 8.41 Å². The molecule has 0 aromatic heterocycles. The molecule has 7 heteroatoms. The lowest BCUT2D eigenvalue weighted by Crippen LogP contribution is -2.21. The number of hydrogen-bond donors (Lipinski definition) is 0. The summed E-state index contributed by atoms with van der Waals surface area (Å²) in [6.45, 7) is 30.4. The van der Waals surface area contributed by atoms with Crippen molar-refractivity contribution in [3.8, 4) is 0 Å². The maximum Gasteiger partial charge on any atom is 0 e. The van der Waals surface area contributed by atoms with E-state index in [1.54, 1.807) is 0 Å². The van der Waals surface area contributed by atoms with Crippen molar-refractivity contribution in [2.24, 2.45) is 0 Å². The predicted octanol–water partition coefficient (Wildman–Crippen LogP) is 4.12. The molecule has 25 heavy (non-hydrogen) atoms. The lowest BCUT2D eigenvalue weighted by Gasteiger charge is -2.13. The fourth-order valence-corrected chi connectivity index (χ4v) is 2.01. The van der Waals surface area contributed by atoms with Gasteiger partial charge in [-0.25, -0.2) is 0 Å². The van der Waals surface area contributed by atoms with Gasteiger partial charge < -0.3 is 14.7 Å². The maximum absolute atomic E-state index is 2.38. The van der Waals surface area contributed by atoms with Crippen LogP contribution in [0.25, 0.3) is 0 Å². The summed E-state index contributed by atoms with van der Waals surface area (Å²) in [5.41, 5.74) is 0. The van der Waals surface area contributed by atoms with Crippen LogP contribution in [0.3, 0.4) is 0 Å². The van der Waals surface area contributed by atoms with Gasteiger partial charge in [0.15, 0.2) is 0 Å². The highest BCUT2D eigenvalue weighted by Crippen LogP contribution is 1.82. The molecule has 0 fully saturated rings. The van der Waals surface area contributed by atoms with Gasteiger partial charge in [0.1, 0.15) is 0 Å². The standard InChI is InChI=1S/3C6H15N.B.3FH/c3*1-4-7(5-2)6-3;;;;/h3*4-6H2,1-3H3;;3*1H. The van der Waals surface area contributed by atoms with Crippen molar-refractivity contribution in [2.75, 3.05) is 58.9 Å². The number of hydrogen-bond acceptors (Lipinski definition) is 3. The average Bonchev–Trinajstić information content (AvgIpc) is 2.54. The van der Waals surface area contributed by atoms with Crippen molar-refractivity contribution in [1.29, 1.82) is 0 Å². The molecule has 3 radical (unpaired) electrons. The first-order chi connectivity index (χ1) is 10.0. The molecule has 0 bridgehead atoms. The number of rotatable bonds is 9. The molecule has 0 aliphatic rings. The Morgan fingerprint density at radius 3 is 0.400 bits per heavy atom. The van der Waals surface area contributed by atoms with E-state index >= 15 is 0 Å². The van der Waals surface area contributed by atoms with E-state index in [2.05, 4.69) is 77.0 Å². The van der Waals surface area contributed by atoms with Crippen molar-refractivity contribution in [3.05, 3.63) is 0 Å². The van der Waals surface area contributed by atoms with E-state index in [1.165, 1.54) is 58.9 Å². The molecule has 0 aromatic rings. The van der Waals surface area contributed by atoms with E-state index in [9.17, 15) is 0 Å². The summed E-state index contributed by atoms with van der Waals surface area (Å²) >= 11 is 0. The van der Waals surface area contributed by atoms with Crippen LogP contribution in [0, 0.1) is 0 Å². The van der Waals surface area contributed by atoms with Crippen LogP contribution in [0.5, 0.6) is 0 Å². The Kier molecular flexibility index (Phi) is 69.1. The van der Waals surface area contributed by atoms with Gasteiger partial charge in [0.05, 0.1) is 0 Å². The minimum atomic E-state index is 0. The van der Waals surface area contributed by atoms with Crippen LogP contribution in [0.15, 0.2) is 0 Å². The summed E-state index contributed by atoms with van der Waals surface area (Å²) in [7, 11) is 0. The Balaban J connectivity index is -0.0000000360. The monoisotopic (exact) mass is 374 g/mol. The van der Waals surface area contributed by atoms with Gasteiger partial charge >= 0.3 is 0 Å². The molecular weight excluding hydrogens is 326 g/mol. The smallest absolute Gasteiger partial charge is 0 e.